The molecule has 0 fully saturated rings. The maximum atomic E-state index is 7.30. The Labute approximate surface area is 355 Å². The Morgan fingerprint density at radius 1 is 0.344 bits per heavy atom. The van der Waals surface area contributed by atoms with Gasteiger partial charge >= 0.3 is 0 Å². The molecular weight excluding hydrogens is 743 g/mol. The molecule has 0 aromatic heterocycles. The van der Waals surface area contributed by atoms with E-state index in [4.69, 9.17) is 9.47 Å². The highest BCUT2D eigenvalue weighted by atomic mass is 16.6. The smallest absolute Gasteiger partial charge is 0.194 e. The van der Waals surface area contributed by atoms with Crippen LogP contribution in [0.5, 0.6) is 23.0 Å². The van der Waals surface area contributed by atoms with Crippen molar-refractivity contribution in [1.82, 2.24) is 0 Å². The molecule has 0 amide bonds. The van der Waals surface area contributed by atoms with Gasteiger partial charge in [0, 0.05) is 16.7 Å². The van der Waals surface area contributed by atoms with Gasteiger partial charge in [-0.1, -0.05) is 172 Å². The molecule has 9 aromatic carbocycles. The van der Waals surface area contributed by atoms with Crippen LogP contribution in [0.1, 0.15) is 47.2 Å². The molecule has 0 bridgehead atoms. The topological polar surface area (TPSA) is 21.7 Å². The molecule has 1 spiro atoms. The lowest BCUT2D eigenvalue weighted by Crippen LogP contribution is -2.26. The fraction of sp³-hybridized carbons (Fsp3) is 0.0690. The van der Waals surface area contributed by atoms with Crippen LogP contribution in [-0.2, 0) is 10.8 Å². The standard InChI is InChI=1S/C58H39NO2/c1-57(2)45-24-11-6-20-39(45)43-32-31-37(33-49(43)57)59(51-28-15-10-19-38(51)36-17-4-3-5-18-36)52-29-16-30-53-56(52)61-55-35-50-44(34-54(55)60-53)42-23-9-14-27-48(42)58(50)46-25-12-7-21-40(46)41-22-8-13-26-47(41)58/h3-35H,1-2H3. The molecule has 3 aliphatic carbocycles. The lowest BCUT2D eigenvalue weighted by Gasteiger charge is -2.33. The van der Waals surface area contributed by atoms with Crippen molar-refractivity contribution in [3.05, 3.63) is 234 Å². The third kappa shape index (κ3) is 4.58. The average molecular weight is 782 g/mol. The summed E-state index contributed by atoms with van der Waals surface area (Å²) in [5.74, 6) is 2.77. The Kier molecular flexibility index (Phi) is 6.99. The van der Waals surface area contributed by atoms with E-state index < -0.39 is 5.41 Å². The van der Waals surface area contributed by atoms with Gasteiger partial charge in [-0.15, -0.1) is 0 Å². The van der Waals surface area contributed by atoms with Crippen molar-refractivity contribution in [2.45, 2.75) is 24.7 Å². The zero-order chi connectivity index (χ0) is 40.5. The van der Waals surface area contributed by atoms with Gasteiger partial charge in [-0.2, -0.15) is 0 Å². The second-order valence-electron chi connectivity index (χ2n) is 17.2. The van der Waals surface area contributed by atoms with E-state index in [9.17, 15) is 0 Å². The largest absolute Gasteiger partial charge is 0.449 e. The third-order valence-corrected chi connectivity index (χ3v) is 13.7. The molecule has 1 aliphatic heterocycles. The number of fused-ring (bicyclic) bond motifs is 15. The number of hydrogen-bond acceptors (Lipinski definition) is 3. The summed E-state index contributed by atoms with van der Waals surface area (Å²) in [6.07, 6.45) is 0. The number of rotatable bonds is 4. The highest BCUT2D eigenvalue weighted by molar-refractivity contribution is 5.97. The summed E-state index contributed by atoms with van der Waals surface area (Å²) in [5.41, 5.74) is 19.9. The van der Waals surface area contributed by atoms with E-state index >= 15 is 0 Å². The zero-order valence-electron chi connectivity index (χ0n) is 33.8. The van der Waals surface area contributed by atoms with Crippen LogP contribution >= 0.6 is 0 Å². The highest BCUT2D eigenvalue weighted by Crippen LogP contribution is 2.65. The summed E-state index contributed by atoms with van der Waals surface area (Å²) in [5, 5.41) is 0. The lowest BCUT2D eigenvalue weighted by atomic mass is 9.70. The third-order valence-electron chi connectivity index (χ3n) is 13.7. The molecule has 13 rings (SSSR count). The first kappa shape index (κ1) is 34.3. The average Bonchev–Trinajstić information content (AvgIpc) is 3.86. The van der Waals surface area contributed by atoms with E-state index in [1.165, 1.54) is 66.8 Å². The summed E-state index contributed by atoms with van der Waals surface area (Å²) < 4.78 is 14.3. The van der Waals surface area contributed by atoms with E-state index in [-0.39, 0.29) is 5.41 Å². The molecule has 1 heterocycles. The van der Waals surface area contributed by atoms with Crippen molar-refractivity contribution in [2.75, 3.05) is 4.90 Å². The fourth-order valence-electron chi connectivity index (χ4n) is 11.1. The molecule has 4 aliphatic rings. The van der Waals surface area contributed by atoms with E-state index in [0.717, 1.165) is 28.2 Å². The Morgan fingerprint density at radius 3 is 1.56 bits per heavy atom. The fourth-order valence-corrected chi connectivity index (χ4v) is 11.1. The summed E-state index contributed by atoms with van der Waals surface area (Å²) >= 11 is 0. The quantitative estimate of drug-likeness (QED) is 0.177. The first-order chi connectivity index (χ1) is 30.0. The summed E-state index contributed by atoms with van der Waals surface area (Å²) in [6, 6.07) is 72.5. The van der Waals surface area contributed by atoms with Gasteiger partial charge in [0.1, 0.15) is 0 Å². The number of nitrogens with zero attached hydrogens (tertiary/aromatic N) is 1. The van der Waals surface area contributed by atoms with Crippen molar-refractivity contribution in [1.29, 1.82) is 0 Å². The monoisotopic (exact) mass is 781 g/mol. The molecule has 0 unspecified atom stereocenters. The summed E-state index contributed by atoms with van der Waals surface area (Å²) in [7, 11) is 0. The molecular formula is C58H39NO2. The summed E-state index contributed by atoms with van der Waals surface area (Å²) in [6.45, 7) is 4.68. The lowest BCUT2D eigenvalue weighted by molar-refractivity contribution is 0.360. The van der Waals surface area contributed by atoms with Crippen LogP contribution in [0.25, 0.3) is 44.5 Å². The van der Waals surface area contributed by atoms with Gasteiger partial charge < -0.3 is 14.4 Å². The van der Waals surface area contributed by atoms with Crippen LogP contribution in [0.2, 0.25) is 0 Å². The molecule has 288 valence electrons. The van der Waals surface area contributed by atoms with Crippen molar-refractivity contribution in [3.63, 3.8) is 0 Å². The second kappa shape index (κ2) is 12.5. The molecule has 0 N–H and O–H groups in total. The van der Waals surface area contributed by atoms with Crippen molar-refractivity contribution < 1.29 is 9.47 Å². The van der Waals surface area contributed by atoms with Crippen LogP contribution in [0, 0.1) is 0 Å². The molecule has 0 saturated carbocycles. The van der Waals surface area contributed by atoms with Gasteiger partial charge in [-0.05, 0) is 115 Å². The van der Waals surface area contributed by atoms with Gasteiger partial charge in [-0.3, -0.25) is 0 Å². The van der Waals surface area contributed by atoms with Crippen LogP contribution in [-0.4, -0.2) is 0 Å². The molecule has 0 atom stereocenters. The number of benzene rings is 9. The van der Waals surface area contributed by atoms with Crippen molar-refractivity contribution in [2.24, 2.45) is 0 Å². The maximum absolute atomic E-state index is 7.30. The number of para-hydroxylation sites is 2. The van der Waals surface area contributed by atoms with Gasteiger partial charge in [0.25, 0.3) is 0 Å². The van der Waals surface area contributed by atoms with Crippen molar-refractivity contribution in [3.8, 4) is 67.5 Å². The predicted octanol–water partition coefficient (Wildman–Crippen LogP) is 15.4. The Morgan fingerprint density at radius 2 is 0.869 bits per heavy atom. The minimum atomic E-state index is -0.493. The number of anilines is 3. The molecule has 3 heteroatoms. The molecule has 0 saturated heterocycles. The van der Waals surface area contributed by atoms with Crippen LogP contribution < -0.4 is 14.4 Å². The van der Waals surface area contributed by atoms with E-state index in [2.05, 4.69) is 213 Å². The van der Waals surface area contributed by atoms with E-state index in [1.807, 2.05) is 6.07 Å². The Bertz CT molecular complexity index is 3260. The molecule has 3 nitrogen and oxygen atoms in total. The predicted molar refractivity (Wildman–Crippen MR) is 247 cm³/mol. The van der Waals surface area contributed by atoms with Crippen LogP contribution in [0.4, 0.5) is 17.1 Å². The van der Waals surface area contributed by atoms with Gasteiger partial charge in [0.05, 0.1) is 16.8 Å². The summed E-state index contributed by atoms with van der Waals surface area (Å²) in [4.78, 5) is 2.36. The molecule has 0 radical (unpaired) electrons. The van der Waals surface area contributed by atoms with Crippen LogP contribution in [0.3, 0.4) is 0 Å². The Balaban J connectivity index is 1.02. The second-order valence-corrected chi connectivity index (χ2v) is 17.2. The highest BCUT2D eigenvalue weighted by Gasteiger charge is 2.52. The minimum absolute atomic E-state index is 0.174. The number of ether oxygens (including phenoxy) is 2. The van der Waals surface area contributed by atoms with Gasteiger partial charge in [-0.25, -0.2) is 0 Å². The first-order valence-corrected chi connectivity index (χ1v) is 21.2. The molecule has 9 aromatic rings. The van der Waals surface area contributed by atoms with E-state index in [0.29, 0.717) is 23.0 Å². The minimum Gasteiger partial charge on any atom is -0.449 e. The molecule has 61 heavy (non-hydrogen) atoms. The SMILES string of the molecule is CC1(C)c2ccccc2-c2ccc(N(c3ccccc3-c3ccccc3)c3cccc4c3Oc3cc5c(cc3O4)-c3ccccc3C53c4ccccc4-c4ccccc43)cc21. The normalized spacial score (nSPS) is 14.6. The van der Waals surface area contributed by atoms with E-state index in [1.54, 1.807) is 0 Å². The first-order valence-electron chi connectivity index (χ1n) is 21.2. The Hall–Kier alpha value is -7.62. The van der Waals surface area contributed by atoms with Crippen molar-refractivity contribution >= 4 is 17.1 Å². The maximum Gasteiger partial charge on any atom is 0.194 e. The van der Waals surface area contributed by atoms with Gasteiger partial charge in [0.2, 0.25) is 0 Å². The zero-order valence-corrected chi connectivity index (χ0v) is 33.8. The number of hydrogen-bond donors (Lipinski definition) is 0. The van der Waals surface area contributed by atoms with Gasteiger partial charge in [0.15, 0.2) is 23.0 Å². The van der Waals surface area contributed by atoms with Crippen LogP contribution in [0.15, 0.2) is 200 Å².